The van der Waals surface area contributed by atoms with Gasteiger partial charge in [0.25, 0.3) is 0 Å². The molecule has 0 unspecified atom stereocenters. The smallest absolute Gasteiger partial charge is 0.312 e. The van der Waals surface area contributed by atoms with Crippen LogP contribution in [0.4, 0.5) is 0 Å². The van der Waals surface area contributed by atoms with Crippen molar-refractivity contribution in [2.24, 2.45) is 0 Å². The predicted octanol–water partition coefficient (Wildman–Crippen LogP) is 1.29. The molecule has 0 aromatic carbocycles. The lowest BCUT2D eigenvalue weighted by atomic mass is 10.3. The van der Waals surface area contributed by atoms with Crippen LogP contribution in [-0.4, -0.2) is 17.6 Å². The number of H-pyrrole nitrogens is 1. The van der Waals surface area contributed by atoms with Gasteiger partial charge in [-0.1, -0.05) is 12.7 Å². The minimum absolute atomic E-state index is 0.239. The molecule has 0 aliphatic carbocycles. The van der Waals surface area contributed by atoms with Crippen LogP contribution in [-0.2, 0) is 16.0 Å². The second kappa shape index (κ2) is 4.38. The molecular formula is C9H11NO2. The van der Waals surface area contributed by atoms with Crippen LogP contribution in [0.1, 0.15) is 5.69 Å². The highest BCUT2D eigenvalue weighted by Gasteiger charge is 2.02. The lowest BCUT2D eigenvalue weighted by molar-refractivity contribution is -0.141. The number of aromatic nitrogens is 1. The summed E-state index contributed by atoms with van der Waals surface area (Å²) in [5.41, 5.74) is 0.865. The van der Waals surface area contributed by atoms with Crippen molar-refractivity contribution in [3.05, 3.63) is 36.7 Å². The highest BCUT2D eigenvalue weighted by molar-refractivity contribution is 5.72. The maximum absolute atomic E-state index is 11.0. The van der Waals surface area contributed by atoms with Crippen LogP contribution in [0.2, 0.25) is 0 Å². The third-order valence-corrected chi connectivity index (χ3v) is 1.36. The number of rotatable bonds is 4. The largest absolute Gasteiger partial charge is 0.461 e. The zero-order chi connectivity index (χ0) is 8.81. The SMILES string of the molecule is C=CCOC(=O)Cc1ccc[nH]1. The molecule has 0 amide bonds. The van der Waals surface area contributed by atoms with Gasteiger partial charge in [0.1, 0.15) is 6.61 Å². The van der Waals surface area contributed by atoms with Gasteiger partial charge in [0, 0.05) is 11.9 Å². The molecule has 0 saturated carbocycles. The minimum atomic E-state index is -0.239. The number of esters is 1. The van der Waals surface area contributed by atoms with E-state index in [0.717, 1.165) is 5.69 Å². The Balaban J connectivity index is 2.32. The van der Waals surface area contributed by atoms with Crippen LogP contribution >= 0.6 is 0 Å². The van der Waals surface area contributed by atoms with E-state index >= 15 is 0 Å². The van der Waals surface area contributed by atoms with E-state index in [1.807, 2.05) is 12.1 Å². The Kier molecular flexibility index (Phi) is 3.14. The molecule has 0 aliphatic rings. The summed E-state index contributed by atoms with van der Waals surface area (Å²) in [5.74, 6) is -0.239. The van der Waals surface area contributed by atoms with Gasteiger partial charge in [-0.25, -0.2) is 0 Å². The van der Waals surface area contributed by atoms with Crippen LogP contribution in [0.3, 0.4) is 0 Å². The average Bonchev–Trinajstić information content (AvgIpc) is 2.53. The highest BCUT2D eigenvalue weighted by atomic mass is 16.5. The summed E-state index contributed by atoms with van der Waals surface area (Å²) < 4.78 is 4.79. The van der Waals surface area contributed by atoms with Gasteiger partial charge in [-0.2, -0.15) is 0 Å². The number of nitrogens with one attached hydrogen (secondary N) is 1. The van der Waals surface area contributed by atoms with Crippen molar-refractivity contribution in [2.45, 2.75) is 6.42 Å². The summed E-state index contributed by atoms with van der Waals surface area (Å²) in [6.45, 7) is 3.72. The molecule has 1 heterocycles. The predicted molar refractivity (Wildman–Crippen MR) is 45.7 cm³/mol. The summed E-state index contributed by atoms with van der Waals surface area (Å²) in [4.78, 5) is 13.9. The molecule has 0 bridgehead atoms. The molecule has 12 heavy (non-hydrogen) atoms. The summed E-state index contributed by atoms with van der Waals surface area (Å²) >= 11 is 0. The molecule has 0 aliphatic heterocycles. The van der Waals surface area contributed by atoms with Crippen LogP contribution in [0, 0.1) is 0 Å². The molecular weight excluding hydrogens is 154 g/mol. The van der Waals surface area contributed by atoms with Crippen LogP contribution in [0.15, 0.2) is 31.0 Å². The van der Waals surface area contributed by atoms with E-state index in [1.165, 1.54) is 0 Å². The fraction of sp³-hybridized carbons (Fsp3) is 0.222. The van der Waals surface area contributed by atoms with Gasteiger partial charge in [-0.15, -0.1) is 0 Å². The number of ether oxygens (including phenoxy) is 1. The molecule has 3 nitrogen and oxygen atoms in total. The Morgan fingerprint density at radius 1 is 1.75 bits per heavy atom. The number of carbonyl (C=O) groups excluding carboxylic acids is 1. The van der Waals surface area contributed by atoms with Crippen molar-refractivity contribution in [2.75, 3.05) is 6.61 Å². The first-order valence-electron chi connectivity index (χ1n) is 3.71. The van der Waals surface area contributed by atoms with E-state index in [4.69, 9.17) is 4.74 Å². The van der Waals surface area contributed by atoms with E-state index in [1.54, 1.807) is 12.3 Å². The van der Waals surface area contributed by atoms with Gasteiger partial charge in [0.15, 0.2) is 0 Å². The third-order valence-electron chi connectivity index (χ3n) is 1.36. The van der Waals surface area contributed by atoms with Crippen molar-refractivity contribution in [1.29, 1.82) is 0 Å². The number of hydrogen-bond donors (Lipinski definition) is 1. The first kappa shape index (κ1) is 8.59. The van der Waals surface area contributed by atoms with Crippen molar-refractivity contribution >= 4 is 5.97 Å². The lowest BCUT2D eigenvalue weighted by Gasteiger charge is -1.98. The van der Waals surface area contributed by atoms with Crippen LogP contribution in [0.5, 0.6) is 0 Å². The van der Waals surface area contributed by atoms with E-state index < -0.39 is 0 Å². The van der Waals surface area contributed by atoms with E-state index in [-0.39, 0.29) is 12.6 Å². The Bertz CT molecular complexity index is 252. The Morgan fingerprint density at radius 2 is 2.58 bits per heavy atom. The first-order chi connectivity index (χ1) is 5.83. The molecule has 1 rings (SSSR count). The highest BCUT2D eigenvalue weighted by Crippen LogP contribution is 1.96. The van der Waals surface area contributed by atoms with Crippen LogP contribution in [0.25, 0.3) is 0 Å². The molecule has 0 spiro atoms. The molecule has 1 N–H and O–H groups in total. The van der Waals surface area contributed by atoms with E-state index in [9.17, 15) is 4.79 Å². The normalized spacial score (nSPS) is 9.33. The molecule has 0 radical (unpaired) electrons. The zero-order valence-corrected chi connectivity index (χ0v) is 6.75. The lowest BCUT2D eigenvalue weighted by Crippen LogP contribution is -2.07. The van der Waals surface area contributed by atoms with Gasteiger partial charge >= 0.3 is 5.97 Å². The number of hydrogen-bond acceptors (Lipinski definition) is 2. The molecule has 1 aromatic heterocycles. The monoisotopic (exact) mass is 165 g/mol. The second-order valence-corrected chi connectivity index (χ2v) is 2.34. The fourth-order valence-corrected chi connectivity index (χ4v) is 0.836. The van der Waals surface area contributed by atoms with Gasteiger partial charge in [-0.3, -0.25) is 4.79 Å². The average molecular weight is 165 g/mol. The second-order valence-electron chi connectivity index (χ2n) is 2.34. The Labute approximate surface area is 71.1 Å². The minimum Gasteiger partial charge on any atom is -0.461 e. The quantitative estimate of drug-likeness (QED) is 0.539. The maximum atomic E-state index is 11.0. The number of carbonyl (C=O) groups is 1. The Hall–Kier alpha value is -1.51. The fourth-order valence-electron chi connectivity index (χ4n) is 0.836. The standard InChI is InChI=1S/C9H11NO2/c1-2-6-12-9(11)7-8-4-3-5-10-8/h2-5,10H,1,6-7H2. The molecule has 64 valence electrons. The molecule has 0 fully saturated rings. The molecule has 0 atom stereocenters. The maximum Gasteiger partial charge on any atom is 0.312 e. The summed E-state index contributed by atoms with van der Waals surface area (Å²) in [6, 6.07) is 3.69. The van der Waals surface area contributed by atoms with Gasteiger partial charge in [0.2, 0.25) is 0 Å². The number of aromatic amines is 1. The first-order valence-corrected chi connectivity index (χ1v) is 3.71. The summed E-state index contributed by atoms with van der Waals surface area (Å²) in [5, 5.41) is 0. The van der Waals surface area contributed by atoms with Crippen LogP contribution < -0.4 is 0 Å². The van der Waals surface area contributed by atoms with E-state index in [0.29, 0.717) is 6.42 Å². The topological polar surface area (TPSA) is 42.1 Å². The zero-order valence-electron chi connectivity index (χ0n) is 6.75. The van der Waals surface area contributed by atoms with Gasteiger partial charge in [-0.05, 0) is 12.1 Å². The van der Waals surface area contributed by atoms with E-state index in [2.05, 4.69) is 11.6 Å². The van der Waals surface area contributed by atoms with Crippen molar-refractivity contribution in [3.8, 4) is 0 Å². The summed E-state index contributed by atoms with van der Waals surface area (Å²) in [6.07, 6.45) is 3.61. The van der Waals surface area contributed by atoms with Crippen molar-refractivity contribution in [3.63, 3.8) is 0 Å². The third kappa shape index (κ3) is 2.62. The molecule has 1 aromatic rings. The molecule has 0 saturated heterocycles. The summed E-state index contributed by atoms with van der Waals surface area (Å²) in [7, 11) is 0. The van der Waals surface area contributed by atoms with Crippen molar-refractivity contribution < 1.29 is 9.53 Å². The van der Waals surface area contributed by atoms with Gasteiger partial charge < -0.3 is 9.72 Å². The molecule has 3 heteroatoms. The van der Waals surface area contributed by atoms with Gasteiger partial charge in [0.05, 0.1) is 6.42 Å². The Morgan fingerprint density at radius 3 is 3.17 bits per heavy atom. The van der Waals surface area contributed by atoms with Crippen molar-refractivity contribution in [1.82, 2.24) is 4.98 Å².